The second kappa shape index (κ2) is 9.88. The van der Waals surface area contributed by atoms with Gasteiger partial charge in [-0.2, -0.15) is 0 Å². The van der Waals surface area contributed by atoms with Gasteiger partial charge in [0.1, 0.15) is 0 Å². The normalized spacial score (nSPS) is 16.7. The van der Waals surface area contributed by atoms with Crippen LogP contribution in [0.1, 0.15) is 69.9 Å². The van der Waals surface area contributed by atoms with Crippen LogP contribution in [0.3, 0.4) is 0 Å². The first-order chi connectivity index (χ1) is 12.8. The summed E-state index contributed by atoms with van der Waals surface area (Å²) in [6.45, 7) is 10.7. The summed E-state index contributed by atoms with van der Waals surface area (Å²) >= 11 is 0. The average molecular weight is 375 g/mol. The molecule has 1 saturated heterocycles. The Kier molecular flexibility index (Phi) is 7.84. The van der Waals surface area contributed by atoms with Crippen molar-refractivity contribution in [2.75, 3.05) is 26.2 Å². The van der Waals surface area contributed by atoms with Crippen molar-refractivity contribution in [3.05, 3.63) is 35.4 Å². The van der Waals surface area contributed by atoms with Gasteiger partial charge in [0.2, 0.25) is 5.91 Å². The van der Waals surface area contributed by atoms with Crippen molar-refractivity contribution in [2.24, 2.45) is 0 Å². The van der Waals surface area contributed by atoms with Crippen molar-refractivity contribution in [2.45, 2.75) is 64.8 Å². The van der Waals surface area contributed by atoms with Crippen molar-refractivity contribution < 1.29 is 14.7 Å². The SMILES string of the molecule is CCN(CC(=O)O)C1CCN(C(=O)CC(C)c2ccc(C(C)C)cc2)CC1. The lowest BCUT2D eigenvalue weighted by molar-refractivity contribution is -0.140. The van der Waals surface area contributed by atoms with Crippen LogP contribution in [0.2, 0.25) is 0 Å². The van der Waals surface area contributed by atoms with E-state index in [4.69, 9.17) is 5.11 Å². The van der Waals surface area contributed by atoms with E-state index in [9.17, 15) is 9.59 Å². The molecule has 2 rings (SSSR count). The molecule has 0 aromatic heterocycles. The Bertz CT molecular complexity index is 619. The summed E-state index contributed by atoms with van der Waals surface area (Å²) in [7, 11) is 0. The third kappa shape index (κ3) is 6.06. The van der Waals surface area contributed by atoms with Gasteiger partial charge in [-0.15, -0.1) is 0 Å². The predicted octanol–water partition coefficient (Wildman–Crippen LogP) is 3.70. The Hall–Kier alpha value is -1.88. The number of carbonyl (C=O) groups is 2. The van der Waals surface area contributed by atoms with Gasteiger partial charge < -0.3 is 10.0 Å². The Morgan fingerprint density at radius 3 is 2.15 bits per heavy atom. The van der Waals surface area contributed by atoms with Crippen molar-refractivity contribution in [3.8, 4) is 0 Å². The van der Waals surface area contributed by atoms with E-state index in [-0.39, 0.29) is 24.4 Å². The van der Waals surface area contributed by atoms with Gasteiger partial charge in [0.15, 0.2) is 0 Å². The number of nitrogens with zero attached hydrogens (tertiary/aromatic N) is 2. The Labute approximate surface area is 163 Å². The Morgan fingerprint density at radius 1 is 1.11 bits per heavy atom. The molecule has 1 amide bonds. The zero-order chi connectivity index (χ0) is 20.0. The van der Waals surface area contributed by atoms with Gasteiger partial charge in [0.25, 0.3) is 0 Å². The van der Waals surface area contributed by atoms with Gasteiger partial charge in [0.05, 0.1) is 6.54 Å². The zero-order valence-electron chi connectivity index (χ0n) is 17.1. The lowest BCUT2D eigenvalue weighted by Crippen LogP contribution is -2.48. The number of carboxylic acids is 1. The maximum atomic E-state index is 12.7. The van der Waals surface area contributed by atoms with E-state index in [0.29, 0.717) is 12.3 Å². The van der Waals surface area contributed by atoms with Crippen LogP contribution < -0.4 is 0 Å². The van der Waals surface area contributed by atoms with Crippen LogP contribution in [-0.4, -0.2) is 59.0 Å². The number of aliphatic carboxylic acids is 1. The molecular weight excluding hydrogens is 340 g/mol. The van der Waals surface area contributed by atoms with Crippen molar-refractivity contribution in [1.29, 1.82) is 0 Å². The van der Waals surface area contributed by atoms with E-state index >= 15 is 0 Å². The molecule has 0 spiro atoms. The van der Waals surface area contributed by atoms with E-state index < -0.39 is 5.97 Å². The quantitative estimate of drug-likeness (QED) is 0.754. The van der Waals surface area contributed by atoms with Crippen LogP contribution in [-0.2, 0) is 9.59 Å². The number of likely N-dealkylation sites (tertiary alicyclic amines) is 1. The van der Waals surface area contributed by atoms with Crippen LogP contribution >= 0.6 is 0 Å². The van der Waals surface area contributed by atoms with Crippen molar-refractivity contribution in [3.63, 3.8) is 0 Å². The first-order valence-electron chi connectivity index (χ1n) is 10.1. The van der Waals surface area contributed by atoms with Gasteiger partial charge in [-0.25, -0.2) is 0 Å². The zero-order valence-corrected chi connectivity index (χ0v) is 17.1. The number of amides is 1. The first-order valence-corrected chi connectivity index (χ1v) is 10.1. The molecule has 1 aromatic carbocycles. The molecule has 5 heteroatoms. The molecule has 1 aliphatic heterocycles. The third-order valence-corrected chi connectivity index (χ3v) is 5.73. The average Bonchev–Trinajstić information content (AvgIpc) is 2.66. The minimum atomic E-state index is -0.785. The fraction of sp³-hybridized carbons (Fsp3) is 0.636. The van der Waals surface area contributed by atoms with Crippen LogP contribution in [0.4, 0.5) is 0 Å². The lowest BCUT2D eigenvalue weighted by atomic mass is 9.93. The van der Waals surface area contributed by atoms with Crippen LogP contribution in [0.15, 0.2) is 24.3 Å². The number of carbonyl (C=O) groups excluding carboxylic acids is 1. The summed E-state index contributed by atoms with van der Waals surface area (Å²) in [6, 6.07) is 8.87. The van der Waals surface area contributed by atoms with Gasteiger partial charge >= 0.3 is 5.97 Å². The smallest absolute Gasteiger partial charge is 0.317 e. The molecule has 1 aromatic rings. The summed E-state index contributed by atoms with van der Waals surface area (Å²) in [6.07, 6.45) is 2.23. The summed E-state index contributed by atoms with van der Waals surface area (Å²) in [5.74, 6) is 0.138. The molecule has 27 heavy (non-hydrogen) atoms. The van der Waals surface area contributed by atoms with Gasteiger partial charge in [0, 0.05) is 25.6 Å². The van der Waals surface area contributed by atoms with E-state index in [2.05, 4.69) is 45.0 Å². The van der Waals surface area contributed by atoms with E-state index in [0.717, 1.165) is 32.5 Å². The number of benzene rings is 1. The molecule has 1 unspecified atom stereocenters. The second-order valence-corrected chi connectivity index (χ2v) is 8.00. The highest BCUT2D eigenvalue weighted by Crippen LogP contribution is 2.24. The fourth-order valence-corrected chi connectivity index (χ4v) is 3.87. The topological polar surface area (TPSA) is 60.9 Å². The molecule has 0 saturated carbocycles. The van der Waals surface area contributed by atoms with Crippen LogP contribution in [0.25, 0.3) is 0 Å². The maximum absolute atomic E-state index is 12.7. The molecule has 1 aliphatic rings. The number of hydrogen-bond acceptors (Lipinski definition) is 3. The molecule has 1 fully saturated rings. The van der Waals surface area contributed by atoms with Gasteiger partial charge in [-0.05, 0) is 42.3 Å². The van der Waals surface area contributed by atoms with Crippen LogP contribution in [0, 0.1) is 0 Å². The first kappa shape index (κ1) is 21.4. The minimum Gasteiger partial charge on any atom is -0.480 e. The maximum Gasteiger partial charge on any atom is 0.317 e. The van der Waals surface area contributed by atoms with Crippen LogP contribution in [0.5, 0.6) is 0 Å². The highest BCUT2D eigenvalue weighted by molar-refractivity contribution is 5.77. The minimum absolute atomic E-state index is 0.0819. The Morgan fingerprint density at radius 2 is 1.67 bits per heavy atom. The second-order valence-electron chi connectivity index (χ2n) is 8.00. The molecule has 150 valence electrons. The fourth-order valence-electron chi connectivity index (χ4n) is 3.87. The van der Waals surface area contributed by atoms with Gasteiger partial charge in [-0.1, -0.05) is 52.0 Å². The molecule has 5 nitrogen and oxygen atoms in total. The van der Waals surface area contributed by atoms with E-state index in [1.165, 1.54) is 11.1 Å². The highest BCUT2D eigenvalue weighted by Gasteiger charge is 2.27. The van der Waals surface area contributed by atoms with Crippen molar-refractivity contribution in [1.82, 2.24) is 9.80 Å². The number of rotatable bonds is 8. The highest BCUT2D eigenvalue weighted by atomic mass is 16.4. The van der Waals surface area contributed by atoms with E-state index in [1.807, 2.05) is 16.7 Å². The summed E-state index contributed by atoms with van der Waals surface area (Å²) in [5, 5.41) is 9.03. The standard InChI is InChI=1S/C22H34N2O3/c1-5-23(15-22(26)27)20-10-12-24(13-11-20)21(25)14-17(4)19-8-6-18(7-9-19)16(2)3/h6-9,16-17,20H,5,10-15H2,1-4H3,(H,26,27). The number of carboxylic acid groups (broad SMARTS) is 1. The molecule has 1 heterocycles. The number of hydrogen-bond donors (Lipinski definition) is 1. The monoisotopic (exact) mass is 374 g/mol. The summed E-state index contributed by atoms with van der Waals surface area (Å²) < 4.78 is 0. The molecule has 0 radical (unpaired) electrons. The lowest BCUT2D eigenvalue weighted by Gasteiger charge is -2.37. The predicted molar refractivity (Wildman–Crippen MR) is 108 cm³/mol. The number of piperidine rings is 1. The molecule has 0 aliphatic carbocycles. The molecular formula is C22H34N2O3. The van der Waals surface area contributed by atoms with Gasteiger partial charge in [-0.3, -0.25) is 14.5 Å². The summed E-state index contributed by atoms with van der Waals surface area (Å²) in [4.78, 5) is 27.6. The van der Waals surface area contributed by atoms with E-state index in [1.54, 1.807) is 0 Å². The third-order valence-electron chi connectivity index (χ3n) is 5.73. The summed E-state index contributed by atoms with van der Waals surface area (Å²) in [5.41, 5.74) is 2.53. The van der Waals surface area contributed by atoms with Crippen molar-refractivity contribution >= 4 is 11.9 Å². The molecule has 0 bridgehead atoms. The Balaban J connectivity index is 1.85. The molecule has 1 N–H and O–H groups in total. The largest absolute Gasteiger partial charge is 0.480 e. The number of likely N-dealkylation sites (N-methyl/N-ethyl adjacent to an activating group) is 1. The molecule has 1 atom stereocenters.